The zero-order valence-electron chi connectivity index (χ0n) is 18.2. The summed E-state index contributed by atoms with van der Waals surface area (Å²) in [4.78, 5) is 30.8. The molecule has 0 radical (unpaired) electrons. The second-order valence-electron chi connectivity index (χ2n) is 8.00. The lowest BCUT2D eigenvalue weighted by atomic mass is 10.1. The van der Waals surface area contributed by atoms with E-state index in [1.165, 1.54) is 17.5 Å². The zero-order chi connectivity index (χ0) is 22.4. The number of amides is 3. The number of carbonyl (C=O) groups excluding carboxylic acids is 2. The molecule has 0 aliphatic carbocycles. The van der Waals surface area contributed by atoms with Gasteiger partial charge in [0.15, 0.2) is 11.9 Å². The first-order chi connectivity index (χ1) is 15.5. The molecule has 2 aromatic carbocycles. The number of nitrogens with zero attached hydrogens (tertiary/aromatic N) is 6. The number of methoxy groups -OCH3 is 1. The van der Waals surface area contributed by atoms with Gasteiger partial charge in [-0.15, -0.1) is 10.2 Å². The standard InChI is InChI=1S/C23H24N6O3/c1-26-20-18(21(30)27(2)23(26)31)28(14-13-15-7-5-4-6-8-15)22-25-24-19(29(20)22)16-9-11-17(32-3)12-10-16/h4-12,18,20H,13-14H2,1-3H3. The summed E-state index contributed by atoms with van der Waals surface area (Å²) in [5, 5.41) is 8.88. The SMILES string of the molecule is COc1ccc(-c2nnc3n2C2C(C(=O)N(C)C(=O)N2C)N3CCc2ccccc2)cc1. The van der Waals surface area contributed by atoms with Gasteiger partial charge in [0.25, 0.3) is 5.91 Å². The quantitative estimate of drug-likeness (QED) is 0.616. The van der Waals surface area contributed by atoms with Crippen LogP contribution >= 0.6 is 0 Å². The summed E-state index contributed by atoms with van der Waals surface area (Å²) in [5.41, 5.74) is 2.00. The molecule has 3 heterocycles. The Morgan fingerprint density at radius 1 is 0.969 bits per heavy atom. The van der Waals surface area contributed by atoms with Gasteiger partial charge >= 0.3 is 6.03 Å². The lowest BCUT2D eigenvalue weighted by molar-refractivity contribution is -0.133. The van der Waals surface area contributed by atoms with Crippen molar-refractivity contribution in [3.63, 3.8) is 0 Å². The third-order valence-electron chi connectivity index (χ3n) is 6.22. The minimum absolute atomic E-state index is 0.239. The Hall–Kier alpha value is -3.88. The molecule has 9 heteroatoms. The van der Waals surface area contributed by atoms with Gasteiger partial charge in [-0.1, -0.05) is 30.3 Å². The normalized spacial score (nSPS) is 19.9. The molecule has 9 nitrogen and oxygen atoms in total. The van der Waals surface area contributed by atoms with Gasteiger partial charge < -0.3 is 14.5 Å². The van der Waals surface area contributed by atoms with Crippen LogP contribution in [-0.2, 0) is 11.2 Å². The van der Waals surface area contributed by atoms with Crippen LogP contribution in [0.4, 0.5) is 10.7 Å². The van der Waals surface area contributed by atoms with E-state index in [2.05, 4.69) is 22.3 Å². The van der Waals surface area contributed by atoms with E-state index in [0.717, 1.165) is 17.7 Å². The number of urea groups is 1. The molecule has 1 saturated heterocycles. The summed E-state index contributed by atoms with van der Waals surface area (Å²) in [6.45, 7) is 0.577. The van der Waals surface area contributed by atoms with Crippen LogP contribution < -0.4 is 9.64 Å². The first-order valence-corrected chi connectivity index (χ1v) is 10.5. The number of fused-ring (bicyclic) bond motifs is 3. The molecule has 2 aliphatic heterocycles. The highest BCUT2D eigenvalue weighted by molar-refractivity contribution is 6.02. The predicted molar refractivity (Wildman–Crippen MR) is 118 cm³/mol. The molecule has 1 fully saturated rings. The van der Waals surface area contributed by atoms with Crippen molar-refractivity contribution in [3.05, 3.63) is 60.2 Å². The molecule has 0 saturated carbocycles. The van der Waals surface area contributed by atoms with E-state index in [-0.39, 0.29) is 11.9 Å². The molecular formula is C23H24N6O3. The van der Waals surface area contributed by atoms with E-state index >= 15 is 0 Å². The van der Waals surface area contributed by atoms with Crippen molar-refractivity contribution in [2.45, 2.75) is 18.6 Å². The van der Waals surface area contributed by atoms with Crippen molar-refractivity contribution in [2.24, 2.45) is 0 Å². The van der Waals surface area contributed by atoms with Gasteiger partial charge in [-0.2, -0.15) is 0 Å². The summed E-state index contributed by atoms with van der Waals surface area (Å²) < 4.78 is 7.16. The van der Waals surface area contributed by atoms with Gasteiger partial charge in [-0.05, 0) is 36.2 Å². The average molecular weight is 432 g/mol. The van der Waals surface area contributed by atoms with Crippen molar-refractivity contribution < 1.29 is 14.3 Å². The minimum atomic E-state index is -0.561. The van der Waals surface area contributed by atoms with Crippen molar-refractivity contribution in [3.8, 4) is 17.1 Å². The van der Waals surface area contributed by atoms with Gasteiger partial charge in [0.05, 0.1) is 7.11 Å². The largest absolute Gasteiger partial charge is 0.497 e. The van der Waals surface area contributed by atoms with Crippen molar-refractivity contribution >= 4 is 17.9 Å². The molecule has 1 aromatic heterocycles. The van der Waals surface area contributed by atoms with Gasteiger partial charge in [0.1, 0.15) is 11.9 Å². The zero-order valence-corrected chi connectivity index (χ0v) is 18.2. The number of imide groups is 1. The molecular weight excluding hydrogens is 408 g/mol. The lowest BCUT2D eigenvalue weighted by Crippen LogP contribution is -2.61. The van der Waals surface area contributed by atoms with Crippen LogP contribution in [0.25, 0.3) is 11.4 Å². The third-order valence-corrected chi connectivity index (χ3v) is 6.22. The van der Waals surface area contributed by atoms with Crippen molar-refractivity contribution in [1.29, 1.82) is 0 Å². The van der Waals surface area contributed by atoms with Crippen LogP contribution in [-0.4, -0.2) is 70.3 Å². The van der Waals surface area contributed by atoms with Crippen molar-refractivity contribution in [2.75, 3.05) is 32.6 Å². The summed E-state index contributed by atoms with van der Waals surface area (Å²) >= 11 is 0. The minimum Gasteiger partial charge on any atom is -0.497 e. The summed E-state index contributed by atoms with van der Waals surface area (Å²) in [6.07, 6.45) is 0.216. The Bertz CT molecular complexity index is 1160. The predicted octanol–water partition coefficient (Wildman–Crippen LogP) is 2.41. The van der Waals surface area contributed by atoms with Gasteiger partial charge in [-0.3, -0.25) is 14.3 Å². The topological polar surface area (TPSA) is 83.8 Å². The fourth-order valence-electron chi connectivity index (χ4n) is 4.51. The Morgan fingerprint density at radius 2 is 1.69 bits per heavy atom. The molecule has 3 amide bonds. The molecule has 32 heavy (non-hydrogen) atoms. The Labute approximate surface area is 185 Å². The second kappa shape index (κ2) is 7.67. The average Bonchev–Trinajstić information content (AvgIpc) is 3.39. The van der Waals surface area contributed by atoms with Crippen LogP contribution in [0.2, 0.25) is 0 Å². The van der Waals surface area contributed by atoms with E-state index in [4.69, 9.17) is 4.74 Å². The van der Waals surface area contributed by atoms with E-state index in [1.54, 1.807) is 19.1 Å². The molecule has 2 aliphatic rings. The maximum atomic E-state index is 13.2. The number of anilines is 1. The Kier molecular flexibility index (Phi) is 4.80. The molecule has 164 valence electrons. The molecule has 0 N–H and O–H groups in total. The second-order valence-corrected chi connectivity index (χ2v) is 8.00. The molecule has 5 rings (SSSR count). The Balaban J connectivity index is 1.57. The molecule has 0 bridgehead atoms. The first kappa shape index (κ1) is 20.0. The number of rotatable bonds is 5. The number of likely N-dealkylation sites (N-methyl/N-ethyl adjacent to an activating group) is 2. The highest BCUT2D eigenvalue weighted by Crippen LogP contribution is 2.42. The highest BCUT2D eigenvalue weighted by atomic mass is 16.5. The molecule has 2 atom stereocenters. The van der Waals surface area contributed by atoms with E-state index in [1.807, 2.05) is 51.9 Å². The highest BCUT2D eigenvalue weighted by Gasteiger charge is 2.54. The van der Waals surface area contributed by atoms with Crippen molar-refractivity contribution in [1.82, 2.24) is 24.6 Å². The summed E-state index contributed by atoms with van der Waals surface area (Å²) in [7, 11) is 4.85. The maximum Gasteiger partial charge on any atom is 0.327 e. The van der Waals surface area contributed by atoms with Crippen LogP contribution in [0, 0.1) is 0 Å². The molecule has 3 aromatic rings. The van der Waals surface area contributed by atoms with Gasteiger partial charge in [0.2, 0.25) is 5.95 Å². The molecule has 0 spiro atoms. The number of ether oxygens (including phenoxy) is 1. The summed E-state index contributed by atoms with van der Waals surface area (Å²) in [6, 6.07) is 16.7. The summed E-state index contributed by atoms with van der Waals surface area (Å²) in [5.74, 6) is 1.69. The van der Waals surface area contributed by atoms with Gasteiger partial charge in [0, 0.05) is 26.2 Å². The van der Waals surface area contributed by atoms with E-state index in [0.29, 0.717) is 18.3 Å². The fourth-order valence-corrected chi connectivity index (χ4v) is 4.51. The number of hydrogen-bond acceptors (Lipinski definition) is 6. The smallest absolute Gasteiger partial charge is 0.327 e. The monoisotopic (exact) mass is 432 g/mol. The fraction of sp³-hybridized carbons (Fsp3) is 0.304. The van der Waals surface area contributed by atoms with Crippen LogP contribution in [0.15, 0.2) is 54.6 Å². The molecule has 2 unspecified atom stereocenters. The van der Waals surface area contributed by atoms with Gasteiger partial charge in [-0.25, -0.2) is 4.79 Å². The van der Waals surface area contributed by atoms with Crippen LogP contribution in [0.5, 0.6) is 5.75 Å². The number of benzene rings is 2. The number of hydrogen-bond donors (Lipinski definition) is 0. The Morgan fingerprint density at radius 3 is 2.38 bits per heavy atom. The maximum absolute atomic E-state index is 13.2. The van der Waals surface area contributed by atoms with Crippen LogP contribution in [0.1, 0.15) is 11.7 Å². The number of aromatic nitrogens is 3. The van der Waals surface area contributed by atoms with E-state index < -0.39 is 12.2 Å². The first-order valence-electron chi connectivity index (χ1n) is 10.5. The van der Waals surface area contributed by atoms with E-state index in [9.17, 15) is 9.59 Å². The lowest BCUT2D eigenvalue weighted by Gasteiger charge is -2.40. The number of carbonyl (C=O) groups is 2. The third kappa shape index (κ3) is 3.00. The van der Waals surface area contributed by atoms with Crippen LogP contribution in [0.3, 0.4) is 0 Å².